The minimum atomic E-state index is -0.256. The second-order valence-electron chi connectivity index (χ2n) is 6.85. The topological polar surface area (TPSA) is 68.6 Å². The highest BCUT2D eigenvalue weighted by atomic mass is 16.5. The molecule has 0 radical (unpaired) electrons. The molecule has 0 bridgehead atoms. The molecule has 7 nitrogen and oxygen atoms in total. The molecule has 3 aromatic rings. The number of carbonyl (C=O) groups is 1. The van der Waals surface area contributed by atoms with Gasteiger partial charge >= 0.3 is 0 Å². The fraction of sp³-hybridized carbons (Fsp3) is 0.217. The standard InChI is InChI=1S/C23H26N4O3/c1-5-14-30-20-11-8-18(15-21(20)29-4)23(28)25-22-12-13-24-27(22)16-17-6-9-19(10-7-17)26(2)3/h5-13,15H,1,14,16H2,2-4H3,(H,25,28). The van der Waals surface area contributed by atoms with Gasteiger partial charge in [0.2, 0.25) is 0 Å². The molecule has 0 unspecified atom stereocenters. The van der Waals surface area contributed by atoms with Crippen LogP contribution in [0.1, 0.15) is 15.9 Å². The Morgan fingerprint density at radius 3 is 2.60 bits per heavy atom. The molecule has 0 atom stereocenters. The molecule has 7 heteroatoms. The van der Waals surface area contributed by atoms with Crippen LogP contribution in [0.25, 0.3) is 0 Å². The number of nitrogens with one attached hydrogen (secondary N) is 1. The van der Waals surface area contributed by atoms with Crippen molar-refractivity contribution in [2.45, 2.75) is 6.54 Å². The van der Waals surface area contributed by atoms with E-state index in [4.69, 9.17) is 9.47 Å². The Bertz CT molecular complexity index is 1010. The maximum atomic E-state index is 12.8. The summed E-state index contributed by atoms with van der Waals surface area (Å²) in [7, 11) is 5.54. The van der Waals surface area contributed by atoms with Gasteiger partial charge in [0.15, 0.2) is 11.5 Å². The third-order valence-corrected chi connectivity index (χ3v) is 4.53. The SMILES string of the molecule is C=CCOc1ccc(C(=O)Nc2ccnn2Cc2ccc(N(C)C)cc2)cc1OC. The summed E-state index contributed by atoms with van der Waals surface area (Å²) in [4.78, 5) is 14.8. The lowest BCUT2D eigenvalue weighted by molar-refractivity contribution is 0.102. The molecule has 0 aliphatic heterocycles. The third-order valence-electron chi connectivity index (χ3n) is 4.53. The lowest BCUT2D eigenvalue weighted by Gasteiger charge is -2.14. The number of methoxy groups -OCH3 is 1. The van der Waals surface area contributed by atoms with E-state index in [1.54, 1.807) is 41.2 Å². The molecule has 0 aliphatic rings. The number of nitrogens with zero attached hydrogens (tertiary/aromatic N) is 3. The molecule has 3 rings (SSSR count). The van der Waals surface area contributed by atoms with Gasteiger partial charge < -0.3 is 19.7 Å². The summed E-state index contributed by atoms with van der Waals surface area (Å²) in [5.41, 5.74) is 2.67. The molecule has 0 saturated heterocycles. The molecule has 1 amide bonds. The summed E-state index contributed by atoms with van der Waals surface area (Å²) >= 11 is 0. The zero-order valence-electron chi connectivity index (χ0n) is 17.5. The molecule has 0 spiro atoms. The van der Waals surface area contributed by atoms with E-state index < -0.39 is 0 Å². The molecule has 30 heavy (non-hydrogen) atoms. The number of hydrogen-bond acceptors (Lipinski definition) is 5. The summed E-state index contributed by atoms with van der Waals surface area (Å²) in [6.07, 6.45) is 3.31. The second kappa shape index (κ2) is 9.65. The fourth-order valence-corrected chi connectivity index (χ4v) is 2.90. The van der Waals surface area contributed by atoms with Crippen molar-refractivity contribution < 1.29 is 14.3 Å². The van der Waals surface area contributed by atoms with E-state index in [9.17, 15) is 4.79 Å². The number of hydrogen-bond donors (Lipinski definition) is 1. The van der Waals surface area contributed by atoms with Crippen molar-refractivity contribution in [3.8, 4) is 11.5 Å². The summed E-state index contributed by atoms with van der Waals surface area (Å²) in [5, 5.41) is 7.25. The predicted molar refractivity (Wildman–Crippen MR) is 119 cm³/mol. The van der Waals surface area contributed by atoms with Crippen LogP contribution >= 0.6 is 0 Å². The number of amides is 1. The smallest absolute Gasteiger partial charge is 0.256 e. The van der Waals surface area contributed by atoms with Gasteiger partial charge in [-0.05, 0) is 35.9 Å². The number of rotatable bonds is 9. The highest BCUT2D eigenvalue weighted by molar-refractivity contribution is 6.04. The maximum Gasteiger partial charge on any atom is 0.256 e. The first-order valence-corrected chi connectivity index (χ1v) is 9.53. The van der Waals surface area contributed by atoms with Gasteiger partial charge in [-0.2, -0.15) is 5.10 Å². The largest absolute Gasteiger partial charge is 0.493 e. The van der Waals surface area contributed by atoms with E-state index in [0.717, 1.165) is 11.3 Å². The zero-order valence-corrected chi connectivity index (χ0v) is 17.5. The van der Waals surface area contributed by atoms with Crippen molar-refractivity contribution in [3.05, 3.63) is 78.5 Å². The molecule has 156 valence electrons. The van der Waals surface area contributed by atoms with Crippen LogP contribution in [0.3, 0.4) is 0 Å². The highest BCUT2D eigenvalue weighted by Gasteiger charge is 2.13. The van der Waals surface area contributed by atoms with Crippen molar-refractivity contribution >= 4 is 17.4 Å². The lowest BCUT2D eigenvalue weighted by atomic mass is 10.2. The molecule has 0 fully saturated rings. The van der Waals surface area contributed by atoms with Gasteiger partial charge in [-0.15, -0.1) is 0 Å². The van der Waals surface area contributed by atoms with E-state index >= 15 is 0 Å². The van der Waals surface area contributed by atoms with E-state index in [1.165, 1.54) is 7.11 Å². The number of carbonyl (C=O) groups excluding carboxylic acids is 1. The average Bonchev–Trinajstić information content (AvgIpc) is 3.18. The summed E-state index contributed by atoms with van der Waals surface area (Å²) in [6.45, 7) is 4.54. The zero-order chi connectivity index (χ0) is 21.5. The number of anilines is 2. The Kier molecular flexibility index (Phi) is 6.75. The van der Waals surface area contributed by atoms with Crippen molar-refractivity contribution in [2.24, 2.45) is 0 Å². The molecule has 2 aromatic carbocycles. The van der Waals surface area contributed by atoms with Crippen LogP contribution in [0.5, 0.6) is 11.5 Å². The molecule has 1 N–H and O–H groups in total. The first-order chi connectivity index (χ1) is 14.5. The third kappa shape index (κ3) is 5.00. The van der Waals surface area contributed by atoms with E-state index in [-0.39, 0.29) is 5.91 Å². The Morgan fingerprint density at radius 2 is 1.93 bits per heavy atom. The van der Waals surface area contributed by atoms with Gasteiger partial charge in [0, 0.05) is 31.4 Å². The number of aromatic nitrogens is 2. The number of benzene rings is 2. The van der Waals surface area contributed by atoms with Gasteiger partial charge in [0.1, 0.15) is 12.4 Å². The van der Waals surface area contributed by atoms with Crippen LogP contribution in [0.15, 0.2) is 67.4 Å². The normalized spacial score (nSPS) is 10.4. The number of ether oxygens (including phenoxy) is 2. The minimum Gasteiger partial charge on any atom is -0.493 e. The van der Waals surface area contributed by atoms with Crippen molar-refractivity contribution in [3.63, 3.8) is 0 Å². The predicted octanol–water partition coefficient (Wildman–Crippen LogP) is 3.82. The molecule has 0 aliphatic carbocycles. The second-order valence-corrected chi connectivity index (χ2v) is 6.85. The van der Waals surface area contributed by atoms with Crippen LogP contribution in [-0.2, 0) is 6.54 Å². The van der Waals surface area contributed by atoms with Gasteiger partial charge in [0.05, 0.1) is 19.9 Å². The van der Waals surface area contributed by atoms with Crippen molar-refractivity contribution in [1.29, 1.82) is 0 Å². The Labute approximate surface area is 176 Å². The quantitative estimate of drug-likeness (QED) is 0.547. The summed E-state index contributed by atoms with van der Waals surface area (Å²) in [6, 6.07) is 15.0. The maximum absolute atomic E-state index is 12.8. The fourth-order valence-electron chi connectivity index (χ4n) is 2.90. The molecular weight excluding hydrogens is 380 g/mol. The van der Waals surface area contributed by atoms with Crippen molar-refractivity contribution in [2.75, 3.05) is 38.0 Å². The Morgan fingerprint density at radius 1 is 1.17 bits per heavy atom. The van der Waals surface area contributed by atoms with Crippen LogP contribution < -0.4 is 19.7 Å². The summed E-state index contributed by atoms with van der Waals surface area (Å²) < 4.78 is 12.6. The van der Waals surface area contributed by atoms with Crippen LogP contribution in [0.4, 0.5) is 11.5 Å². The Hall–Kier alpha value is -3.74. The summed E-state index contributed by atoms with van der Waals surface area (Å²) in [5.74, 6) is 1.40. The Balaban J connectivity index is 1.72. The minimum absolute atomic E-state index is 0.256. The van der Waals surface area contributed by atoms with Crippen LogP contribution in [0, 0.1) is 0 Å². The highest BCUT2D eigenvalue weighted by Crippen LogP contribution is 2.28. The first kappa shape index (κ1) is 21.0. The average molecular weight is 406 g/mol. The van der Waals surface area contributed by atoms with E-state index in [2.05, 4.69) is 41.3 Å². The molecule has 1 heterocycles. The van der Waals surface area contributed by atoms with Crippen LogP contribution in [-0.4, -0.2) is 43.5 Å². The van der Waals surface area contributed by atoms with E-state index in [0.29, 0.717) is 36.0 Å². The lowest BCUT2D eigenvalue weighted by Crippen LogP contribution is -2.16. The van der Waals surface area contributed by atoms with Crippen molar-refractivity contribution in [1.82, 2.24) is 9.78 Å². The monoisotopic (exact) mass is 406 g/mol. The molecule has 0 saturated carbocycles. The van der Waals surface area contributed by atoms with E-state index in [1.807, 2.05) is 19.0 Å². The molecular formula is C23H26N4O3. The van der Waals surface area contributed by atoms with Gasteiger partial charge in [-0.3, -0.25) is 4.79 Å². The first-order valence-electron chi connectivity index (χ1n) is 9.53. The van der Waals surface area contributed by atoms with Crippen LogP contribution in [0.2, 0.25) is 0 Å². The van der Waals surface area contributed by atoms with Gasteiger partial charge in [-0.25, -0.2) is 4.68 Å². The van der Waals surface area contributed by atoms with Gasteiger partial charge in [-0.1, -0.05) is 24.8 Å². The van der Waals surface area contributed by atoms with Gasteiger partial charge in [0.25, 0.3) is 5.91 Å². The molecule has 1 aromatic heterocycles.